The molecule has 0 bridgehead atoms. The number of hydrogen-bond donors (Lipinski definition) is 1. The number of nitrogens with zero attached hydrogens (tertiary/aromatic N) is 2. The van der Waals surface area contributed by atoms with Gasteiger partial charge in [0.15, 0.2) is 11.7 Å². The van der Waals surface area contributed by atoms with Crippen molar-refractivity contribution in [3.63, 3.8) is 0 Å². The molecule has 1 atom stereocenters. The summed E-state index contributed by atoms with van der Waals surface area (Å²) in [5.41, 5.74) is 0.838. The second kappa shape index (κ2) is 10.4. The highest BCUT2D eigenvalue weighted by Crippen LogP contribution is 2.27. The average molecular weight is 490 g/mol. The third-order valence-corrected chi connectivity index (χ3v) is 6.30. The molecule has 172 valence electrons. The van der Waals surface area contributed by atoms with Crippen LogP contribution in [0.1, 0.15) is 31.6 Å². The van der Waals surface area contributed by atoms with E-state index >= 15 is 0 Å². The molecule has 0 saturated carbocycles. The van der Waals surface area contributed by atoms with E-state index in [9.17, 15) is 14.0 Å². The molecule has 1 aromatic heterocycles. The van der Waals surface area contributed by atoms with Gasteiger partial charge < -0.3 is 14.6 Å². The fourth-order valence-corrected chi connectivity index (χ4v) is 4.17. The molecule has 0 aliphatic carbocycles. The number of amides is 2. The van der Waals surface area contributed by atoms with Crippen LogP contribution in [-0.2, 0) is 16.0 Å². The molecular weight excluding hydrogens is 468 g/mol. The van der Waals surface area contributed by atoms with Crippen molar-refractivity contribution >= 4 is 40.7 Å². The van der Waals surface area contributed by atoms with E-state index in [2.05, 4.69) is 10.3 Å². The van der Waals surface area contributed by atoms with E-state index in [1.54, 1.807) is 41.3 Å². The molecule has 1 aliphatic heterocycles. The zero-order valence-electron chi connectivity index (χ0n) is 17.7. The summed E-state index contributed by atoms with van der Waals surface area (Å²) in [6.45, 7) is 0.504. The van der Waals surface area contributed by atoms with E-state index in [1.165, 1.54) is 12.3 Å². The molecule has 3 aromatic rings. The second-order valence-corrected chi connectivity index (χ2v) is 8.63. The number of oxazole rings is 1. The number of hydrogen-bond acceptors (Lipinski definition) is 4. The standard InChI is InChI=1S/C24H22Cl2FN3O3/c25-17-9-8-15(13-18(17)26)29-24(32)20-7-3-4-12-30(20)23(31)11-10-22-28-14-21(33-22)16-5-1-2-6-19(16)27/h1-2,5-6,8-9,13-14,20H,3-4,7,10-12H2,(H,29,32). The highest BCUT2D eigenvalue weighted by molar-refractivity contribution is 6.42. The molecule has 6 nitrogen and oxygen atoms in total. The number of carbonyl (C=O) groups is 2. The number of benzene rings is 2. The fraction of sp³-hybridized carbons (Fsp3) is 0.292. The maximum Gasteiger partial charge on any atom is 0.247 e. The number of piperidine rings is 1. The van der Waals surface area contributed by atoms with Crippen molar-refractivity contribution < 1.29 is 18.4 Å². The molecule has 1 unspecified atom stereocenters. The summed E-state index contributed by atoms with van der Waals surface area (Å²) in [5, 5.41) is 3.56. The molecule has 1 saturated heterocycles. The summed E-state index contributed by atoms with van der Waals surface area (Å²) in [4.78, 5) is 31.6. The van der Waals surface area contributed by atoms with E-state index in [4.69, 9.17) is 27.6 Å². The molecule has 4 rings (SSSR count). The Hall–Kier alpha value is -2.90. The van der Waals surface area contributed by atoms with Crippen molar-refractivity contribution in [3.8, 4) is 11.3 Å². The van der Waals surface area contributed by atoms with Crippen LogP contribution in [0.5, 0.6) is 0 Å². The largest absolute Gasteiger partial charge is 0.441 e. The monoisotopic (exact) mass is 489 g/mol. The Morgan fingerprint density at radius 2 is 1.97 bits per heavy atom. The highest BCUT2D eigenvalue weighted by Gasteiger charge is 2.32. The summed E-state index contributed by atoms with van der Waals surface area (Å²) in [6, 6.07) is 10.5. The van der Waals surface area contributed by atoms with Crippen molar-refractivity contribution in [1.29, 1.82) is 0 Å². The highest BCUT2D eigenvalue weighted by atomic mass is 35.5. The Morgan fingerprint density at radius 3 is 2.76 bits per heavy atom. The van der Waals surface area contributed by atoms with Gasteiger partial charge in [0, 0.05) is 25.1 Å². The number of rotatable bonds is 6. The van der Waals surface area contributed by atoms with Crippen molar-refractivity contribution in [2.75, 3.05) is 11.9 Å². The lowest BCUT2D eigenvalue weighted by molar-refractivity contribution is -0.140. The molecule has 2 aromatic carbocycles. The van der Waals surface area contributed by atoms with Crippen LogP contribution < -0.4 is 5.32 Å². The number of carbonyl (C=O) groups excluding carboxylic acids is 2. The maximum atomic E-state index is 14.0. The van der Waals surface area contributed by atoms with E-state index in [0.29, 0.717) is 45.9 Å². The van der Waals surface area contributed by atoms with Crippen LogP contribution in [0.2, 0.25) is 10.0 Å². The van der Waals surface area contributed by atoms with E-state index < -0.39 is 11.9 Å². The quantitative estimate of drug-likeness (QED) is 0.478. The van der Waals surface area contributed by atoms with Gasteiger partial charge in [-0.1, -0.05) is 35.3 Å². The summed E-state index contributed by atoms with van der Waals surface area (Å²) in [6.07, 6.45) is 4.11. The molecule has 0 spiro atoms. The molecule has 0 radical (unpaired) electrons. The maximum absolute atomic E-state index is 14.0. The van der Waals surface area contributed by atoms with Gasteiger partial charge in [-0.3, -0.25) is 9.59 Å². The van der Waals surface area contributed by atoms with Gasteiger partial charge in [0.25, 0.3) is 0 Å². The first-order chi connectivity index (χ1) is 15.9. The minimum Gasteiger partial charge on any atom is -0.441 e. The molecular formula is C24H22Cl2FN3O3. The fourth-order valence-electron chi connectivity index (χ4n) is 3.87. The van der Waals surface area contributed by atoms with E-state index in [-0.39, 0.29) is 24.7 Å². The number of likely N-dealkylation sites (tertiary alicyclic amines) is 1. The summed E-state index contributed by atoms with van der Waals surface area (Å²) < 4.78 is 19.6. The number of anilines is 1. The second-order valence-electron chi connectivity index (χ2n) is 7.81. The van der Waals surface area contributed by atoms with Gasteiger partial charge >= 0.3 is 0 Å². The van der Waals surface area contributed by atoms with Gasteiger partial charge in [-0.25, -0.2) is 9.37 Å². The van der Waals surface area contributed by atoms with Crippen LogP contribution in [0.3, 0.4) is 0 Å². The summed E-state index contributed by atoms with van der Waals surface area (Å²) >= 11 is 12.0. The first-order valence-corrected chi connectivity index (χ1v) is 11.4. The Balaban J connectivity index is 1.38. The predicted molar refractivity (Wildman–Crippen MR) is 125 cm³/mol. The normalized spacial score (nSPS) is 16.0. The summed E-state index contributed by atoms with van der Waals surface area (Å²) in [5.74, 6) is -0.169. The van der Waals surface area contributed by atoms with Gasteiger partial charge in [-0.2, -0.15) is 0 Å². The molecule has 2 amide bonds. The zero-order chi connectivity index (χ0) is 23.4. The van der Waals surface area contributed by atoms with Crippen LogP contribution >= 0.6 is 23.2 Å². The Kier molecular flexibility index (Phi) is 7.30. The van der Waals surface area contributed by atoms with Gasteiger partial charge in [0.05, 0.1) is 21.8 Å². The van der Waals surface area contributed by atoms with Crippen LogP contribution in [0, 0.1) is 5.82 Å². The van der Waals surface area contributed by atoms with Crippen LogP contribution in [0.15, 0.2) is 53.1 Å². The van der Waals surface area contributed by atoms with Gasteiger partial charge in [-0.05, 0) is 49.6 Å². The average Bonchev–Trinajstić information content (AvgIpc) is 3.29. The number of aromatic nitrogens is 1. The smallest absolute Gasteiger partial charge is 0.247 e. The lowest BCUT2D eigenvalue weighted by Crippen LogP contribution is -2.50. The molecule has 9 heteroatoms. The number of aryl methyl sites for hydroxylation is 1. The first kappa shape index (κ1) is 23.3. The first-order valence-electron chi connectivity index (χ1n) is 10.7. The number of nitrogens with one attached hydrogen (secondary N) is 1. The lowest BCUT2D eigenvalue weighted by Gasteiger charge is -2.34. The zero-order valence-corrected chi connectivity index (χ0v) is 19.2. The van der Waals surface area contributed by atoms with Crippen molar-refractivity contribution in [3.05, 3.63) is 70.4 Å². The van der Waals surface area contributed by atoms with Gasteiger partial charge in [0.2, 0.25) is 11.8 Å². The molecule has 2 heterocycles. The van der Waals surface area contributed by atoms with Gasteiger partial charge in [-0.15, -0.1) is 0 Å². The Bertz CT molecular complexity index is 1170. The lowest BCUT2D eigenvalue weighted by atomic mass is 10.0. The van der Waals surface area contributed by atoms with Crippen molar-refractivity contribution in [1.82, 2.24) is 9.88 Å². The molecule has 1 aliphatic rings. The van der Waals surface area contributed by atoms with Crippen LogP contribution in [-0.4, -0.2) is 34.3 Å². The number of halogens is 3. The minimum atomic E-state index is -0.570. The SMILES string of the molecule is O=C(Nc1ccc(Cl)c(Cl)c1)C1CCCCN1C(=O)CCc1ncc(-c2ccccc2F)o1. The van der Waals surface area contributed by atoms with Crippen molar-refractivity contribution in [2.24, 2.45) is 0 Å². The van der Waals surface area contributed by atoms with Crippen LogP contribution in [0.25, 0.3) is 11.3 Å². The third kappa shape index (κ3) is 5.54. The van der Waals surface area contributed by atoms with Gasteiger partial charge in [0.1, 0.15) is 11.9 Å². The predicted octanol–water partition coefficient (Wildman–Crippen LogP) is 5.74. The Morgan fingerprint density at radius 1 is 1.15 bits per heavy atom. The molecule has 33 heavy (non-hydrogen) atoms. The topological polar surface area (TPSA) is 75.4 Å². The third-order valence-electron chi connectivity index (χ3n) is 5.56. The van der Waals surface area contributed by atoms with Crippen molar-refractivity contribution in [2.45, 2.75) is 38.1 Å². The Labute approximate surface area is 200 Å². The summed E-state index contributed by atoms with van der Waals surface area (Å²) in [7, 11) is 0. The van der Waals surface area contributed by atoms with Crippen LogP contribution in [0.4, 0.5) is 10.1 Å². The minimum absolute atomic E-state index is 0.133. The molecule has 1 N–H and O–H groups in total. The van der Waals surface area contributed by atoms with E-state index in [1.807, 2.05) is 0 Å². The molecule has 1 fully saturated rings. The van der Waals surface area contributed by atoms with E-state index in [0.717, 1.165) is 12.8 Å².